The van der Waals surface area contributed by atoms with Gasteiger partial charge in [0, 0.05) is 5.69 Å². The molecule has 1 aromatic carbocycles. The fraction of sp³-hybridized carbons (Fsp3) is 0.467. The summed E-state index contributed by atoms with van der Waals surface area (Å²) < 4.78 is 42.1. The first kappa shape index (κ1) is 18.8. The molecule has 1 atom stereocenters. The molecular weight excluding hydrogens is 313 g/mol. The van der Waals surface area contributed by atoms with E-state index in [1.165, 1.54) is 7.11 Å². The average Bonchev–Trinajstić information content (AvgIpc) is 2.44. The van der Waals surface area contributed by atoms with Gasteiger partial charge in [-0.25, -0.2) is 0 Å². The molecule has 128 valence electrons. The molecule has 0 aliphatic heterocycles. The molecule has 1 unspecified atom stereocenters. The molecule has 0 saturated heterocycles. The standard InChI is InChI=1S/C15H19F3N2O3/c1-8(2)12(20-14(22)15(16,17)18)13(21)19-11-6-5-10(23-4)7-9(11)3/h5-8,12H,1-4H3,(H,19,21)(H,20,22). The summed E-state index contributed by atoms with van der Waals surface area (Å²) in [6, 6.07) is 3.57. The molecule has 1 aromatic rings. The maximum absolute atomic E-state index is 12.4. The number of aryl methyl sites for hydroxylation is 1. The van der Waals surface area contributed by atoms with E-state index in [0.717, 1.165) is 0 Å². The maximum Gasteiger partial charge on any atom is 0.471 e. The minimum Gasteiger partial charge on any atom is -0.497 e. The van der Waals surface area contributed by atoms with Gasteiger partial charge < -0.3 is 15.4 Å². The van der Waals surface area contributed by atoms with Crippen LogP contribution in [0.15, 0.2) is 18.2 Å². The van der Waals surface area contributed by atoms with Gasteiger partial charge in [-0.05, 0) is 36.6 Å². The quantitative estimate of drug-likeness (QED) is 0.871. The summed E-state index contributed by atoms with van der Waals surface area (Å²) in [4.78, 5) is 23.3. The van der Waals surface area contributed by atoms with Gasteiger partial charge >= 0.3 is 12.1 Å². The predicted molar refractivity (Wildman–Crippen MR) is 79.2 cm³/mol. The highest BCUT2D eigenvalue weighted by molar-refractivity contribution is 5.98. The van der Waals surface area contributed by atoms with Gasteiger partial charge in [0.15, 0.2) is 0 Å². The Morgan fingerprint density at radius 2 is 1.83 bits per heavy atom. The average molecular weight is 332 g/mol. The van der Waals surface area contributed by atoms with E-state index >= 15 is 0 Å². The van der Waals surface area contributed by atoms with E-state index in [-0.39, 0.29) is 0 Å². The van der Waals surface area contributed by atoms with Crippen LogP contribution in [0.4, 0.5) is 18.9 Å². The predicted octanol–water partition coefficient (Wildman–Crippen LogP) is 2.65. The monoisotopic (exact) mass is 332 g/mol. The first-order chi connectivity index (χ1) is 10.6. The molecule has 0 fully saturated rings. The van der Waals surface area contributed by atoms with Gasteiger partial charge in [-0.2, -0.15) is 13.2 Å². The molecule has 0 spiro atoms. The second kappa shape index (κ2) is 7.34. The zero-order chi connectivity index (χ0) is 17.8. The van der Waals surface area contributed by atoms with Crippen molar-refractivity contribution in [2.75, 3.05) is 12.4 Å². The molecule has 0 heterocycles. The normalized spacial score (nSPS) is 12.7. The number of halogens is 3. The van der Waals surface area contributed by atoms with Crippen molar-refractivity contribution in [1.29, 1.82) is 0 Å². The van der Waals surface area contributed by atoms with E-state index in [0.29, 0.717) is 17.0 Å². The lowest BCUT2D eigenvalue weighted by Crippen LogP contribution is -2.51. The number of carbonyl (C=O) groups excluding carboxylic acids is 2. The molecular formula is C15H19F3N2O3. The lowest BCUT2D eigenvalue weighted by molar-refractivity contribution is -0.175. The molecule has 5 nitrogen and oxygen atoms in total. The Morgan fingerprint density at radius 3 is 2.26 bits per heavy atom. The summed E-state index contributed by atoms with van der Waals surface area (Å²) in [5, 5.41) is 4.24. The Labute approximate surface area is 132 Å². The number of anilines is 1. The number of amides is 2. The van der Waals surface area contributed by atoms with Gasteiger partial charge in [0.25, 0.3) is 0 Å². The van der Waals surface area contributed by atoms with Crippen LogP contribution >= 0.6 is 0 Å². The SMILES string of the molecule is COc1ccc(NC(=O)C(NC(=O)C(F)(F)F)C(C)C)c(C)c1. The van der Waals surface area contributed by atoms with Crippen LogP contribution in [0.3, 0.4) is 0 Å². The van der Waals surface area contributed by atoms with Crippen molar-refractivity contribution in [1.82, 2.24) is 5.32 Å². The van der Waals surface area contributed by atoms with E-state index in [1.807, 2.05) is 0 Å². The summed E-state index contributed by atoms with van der Waals surface area (Å²) in [6.07, 6.45) is -5.04. The number of hydrogen-bond acceptors (Lipinski definition) is 3. The number of benzene rings is 1. The Kier molecular flexibility index (Phi) is 6.00. The fourth-order valence-electron chi connectivity index (χ4n) is 1.87. The first-order valence-corrected chi connectivity index (χ1v) is 6.89. The number of hydrogen-bond donors (Lipinski definition) is 2. The van der Waals surface area contributed by atoms with Gasteiger partial charge in [0.1, 0.15) is 11.8 Å². The molecule has 0 radical (unpaired) electrons. The molecule has 23 heavy (non-hydrogen) atoms. The van der Waals surface area contributed by atoms with Crippen molar-refractivity contribution in [3.63, 3.8) is 0 Å². The van der Waals surface area contributed by atoms with Crippen molar-refractivity contribution in [3.05, 3.63) is 23.8 Å². The topological polar surface area (TPSA) is 67.4 Å². The number of methoxy groups -OCH3 is 1. The van der Waals surface area contributed by atoms with Crippen molar-refractivity contribution in [3.8, 4) is 5.75 Å². The molecule has 0 aromatic heterocycles. The zero-order valence-electron chi connectivity index (χ0n) is 13.2. The Bertz CT molecular complexity index is 586. The molecule has 8 heteroatoms. The molecule has 2 amide bonds. The number of rotatable bonds is 5. The molecule has 0 bridgehead atoms. The molecule has 0 saturated carbocycles. The maximum atomic E-state index is 12.4. The number of alkyl halides is 3. The Balaban J connectivity index is 2.89. The minimum atomic E-state index is -5.04. The van der Waals surface area contributed by atoms with Crippen LogP contribution < -0.4 is 15.4 Å². The molecule has 1 rings (SSSR count). The van der Waals surface area contributed by atoms with Crippen LogP contribution in [0, 0.1) is 12.8 Å². The highest BCUT2D eigenvalue weighted by atomic mass is 19.4. The van der Waals surface area contributed by atoms with Crippen molar-refractivity contribution >= 4 is 17.5 Å². The van der Waals surface area contributed by atoms with Gasteiger partial charge in [0.05, 0.1) is 7.11 Å². The second-order valence-corrected chi connectivity index (χ2v) is 5.36. The zero-order valence-corrected chi connectivity index (χ0v) is 13.2. The van der Waals surface area contributed by atoms with E-state index in [4.69, 9.17) is 4.74 Å². The van der Waals surface area contributed by atoms with Gasteiger partial charge in [0.2, 0.25) is 5.91 Å². The summed E-state index contributed by atoms with van der Waals surface area (Å²) in [5.41, 5.74) is 1.12. The van der Waals surface area contributed by atoms with E-state index in [1.54, 1.807) is 44.3 Å². The summed E-state index contributed by atoms with van der Waals surface area (Å²) in [6.45, 7) is 4.81. The van der Waals surface area contributed by atoms with Crippen molar-refractivity contribution in [2.45, 2.75) is 33.0 Å². The van der Waals surface area contributed by atoms with Gasteiger partial charge in [-0.15, -0.1) is 0 Å². The highest BCUT2D eigenvalue weighted by Gasteiger charge is 2.41. The minimum absolute atomic E-state index is 0.433. The molecule has 0 aliphatic carbocycles. The van der Waals surface area contributed by atoms with Crippen LogP contribution in [0.1, 0.15) is 19.4 Å². The third-order valence-corrected chi connectivity index (χ3v) is 3.18. The van der Waals surface area contributed by atoms with Gasteiger partial charge in [-0.1, -0.05) is 13.8 Å². The summed E-state index contributed by atoms with van der Waals surface area (Å²) >= 11 is 0. The Hall–Kier alpha value is -2.25. The number of nitrogens with one attached hydrogen (secondary N) is 2. The van der Waals surface area contributed by atoms with Crippen LogP contribution in [-0.4, -0.2) is 31.1 Å². The lowest BCUT2D eigenvalue weighted by Gasteiger charge is -2.22. The van der Waals surface area contributed by atoms with E-state index in [2.05, 4.69) is 5.32 Å². The van der Waals surface area contributed by atoms with Crippen LogP contribution in [0.2, 0.25) is 0 Å². The third-order valence-electron chi connectivity index (χ3n) is 3.18. The smallest absolute Gasteiger partial charge is 0.471 e. The summed E-state index contributed by atoms with van der Waals surface area (Å²) in [7, 11) is 1.49. The van der Waals surface area contributed by atoms with Crippen LogP contribution in [0.5, 0.6) is 5.75 Å². The highest BCUT2D eigenvalue weighted by Crippen LogP contribution is 2.22. The van der Waals surface area contributed by atoms with Crippen LogP contribution in [0.25, 0.3) is 0 Å². The van der Waals surface area contributed by atoms with Crippen molar-refractivity contribution < 1.29 is 27.5 Å². The largest absolute Gasteiger partial charge is 0.497 e. The van der Waals surface area contributed by atoms with Crippen molar-refractivity contribution in [2.24, 2.45) is 5.92 Å². The number of carbonyl (C=O) groups is 2. The Morgan fingerprint density at radius 1 is 1.22 bits per heavy atom. The second-order valence-electron chi connectivity index (χ2n) is 5.36. The summed E-state index contributed by atoms with van der Waals surface area (Å²) in [5.74, 6) is -2.78. The van der Waals surface area contributed by atoms with Crippen LogP contribution in [-0.2, 0) is 9.59 Å². The van der Waals surface area contributed by atoms with E-state index in [9.17, 15) is 22.8 Å². The molecule has 0 aliphatic rings. The number of ether oxygens (including phenoxy) is 1. The third kappa shape index (κ3) is 5.15. The fourth-order valence-corrected chi connectivity index (χ4v) is 1.87. The lowest BCUT2D eigenvalue weighted by atomic mass is 10.0. The van der Waals surface area contributed by atoms with Gasteiger partial charge in [-0.3, -0.25) is 9.59 Å². The van der Waals surface area contributed by atoms with E-state index < -0.39 is 30.0 Å². The first-order valence-electron chi connectivity index (χ1n) is 6.89. The molecule has 2 N–H and O–H groups in total.